The number of carboxylic acids is 1. The standard InChI is InChI=1S/C19H17ClF3NO4/c1-28-18(19(21,22)23,13-7-3-2-4-8-13)17(27)24-15(16(25)26)11-12-6-5-9-14(20)10-12/h2-10,15H,11H2,1H3,(H,24,27)(H,25,26)/t15-,18?/m1/s1. The number of carbonyl (C=O) groups is 2. The van der Waals surface area contributed by atoms with Gasteiger partial charge in [0.15, 0.2) is 0 Å². The van der Waals surface area contributed by atoms with Gasteiger partial charge in [-0.25, -0.2) is 4.79 Å². The largest absolute Gasteiger partial charge is 0.480 e. The van der Waals surface area contributed by atoms with Gasteiger partial charge >= 0.3 is 12.1 Å². The highest BCUT2D eigenvalue weighted by atomic mass is 35.5. The zero-order valence-corrected chi connectivity index (χ0v) is 15.4. The molecule has 150 valence electrons. The van der Waals surface area contributed by atoms with Gasteiger partial charge in [0.05, 0.1) is 0 Å². The number of benzene rings is 2. The summed E-state index contributed by atoms with van der Waals surface area (Å²) < 4.78 is 46.3. The molecule has 0 saturated carbocycles. The Morgan fingerprint density at radius 3 is 2.29 bits per heavy atom. The van der Waals surface area contributed by atoms with Crippen molar-refractivity contribution in [2.75, 3.05) is 7.11 Å². The Labute approximate surface area is 164 Å². The SMILES string of the molecule is COC(C(=O)N[C@H](Cc1cccc(Cl)c1)C(=O)O)(c1ccccc1)C(F)(F)F. The molecule has 0 fully saturated rings. The minimum absolute atomic E-state index is 0.256. The molecule has 0 saturated heterocycles. The Kier molecular flexibility index (Phi) is 6.69. The number of alkyl halides is 3. The molecule has 1 unspecified atom stereocenters. The molecule has 9 heteroatoms. The first-order chi connectivity index (χ1) is 13.1. The number of carbonyl (C=O) groups excluding carboxylic acids is 1. The third kappa shape index (κ3) is 4.45. The molecule has 0 aromatic heterocycles. The lowest BCUT2D eigenvalue weighted by molar-refractivity contribution is -0.266. The number of halogens is 4. The number of nitrogens with one attached hydrogen (secondary N) is 1. The molecule has 2 atom stereocenters. The Balaban J connectivity index is 2.39. The maximum atomic E-state index is 13.9. The molecule has 0 heterocycles. The van der Waals surface area contributed by atoms with Crippen molar-refractivity contribution in [1.82, 2.24) is 5.32 Å². The summed E-state index contributed by atoms with van der Waals surface area (Å²) in [4.78, 5) is 24.2. The number of hydrogen-bond acceptors (Lipinski definition) is 3. The Morgan fingerprint density at radius 1 is 1.14 bits per heavy atom. The number of methoxy groups -OCH3 is 1. The van der Waals surface area contributed by atoms with Crippen LogP contribution in [0, 0.1) is 0 Å². The van der Waals surface area contributed by atoms with E-state index in [1.54, 1.807) is 18.2 Å². The molecule has 2 N–H and O–H groups in total. The summed E-state index contributed by atoms with van der Waals surface area (Å²) in [6.07, 6.45) is -5.39. The van der Waals surface area contributed by atoms with Gasteiger partial charge in [0.1, 0.15) is 6.04 Å². The van der Waals surface area contributed by atoms with Gasteiger partial charge in [-0.15, -0.1) is 0 Å². The van der Waals surface area contributed by atoms with Gasteiger partial charge < -0.3 is 15.2 Å². The van der Waals surface area contributed by atoms with E-state index >= 15 is 0 Å². The van der Waals surface area contributed by atoms with Gasteiger partial charge in [-0.2, -0.15) is 13.2 Å². The molecule has 1 amide bonds. The predicted octanol–water partition coefficient (Wildman–Crippen LogP) is 3.56. The van der Waals surface area contributed by atoms with Crippen LogP contribution in [-0.4, -0.2) is 36.3 Å². The normalized spacial score (nSPS) is 14.8. The van der Waals surface area contributed by atoms with Crippen LogP contribution in [0.15, 0.2) is 54.6 Å². The molecule has 0 spiro atoms. The quantitative estimate of drug-likeness (QED) is 0.725. The third-order valence-corrected chi connectivity index (χ3v) is 4.37. The van der Waals surface area contributed by atoms with Crippen molar-refractivity contribution in [3.8, 4) is 0 Å². The third-order valence-electron chi connectivity index (χ3n) is 4.14. The average Bonchev–Trinajstić information content (AvgIpc) is 2.62. The summed E-state index contributed by atoms with van der Waals surface area (Å²) >= 11 is 5.84. The van der Waals surface area contributed by atoms with Crippen molar-refractivity contribution >= 4 is 23.5 Å². The van der Waals surface area contributed by atoms with Crippen LogP contribution in [-0.2, 0) is 26.3 Å². The smallest absolute Gasteiger partial charge is 0.430 e. The van der Waals surface area contributed by atoms with E-state index in [-0.39, 0.29) is 6.42 Å². The molecular formula is C19H17ClF3NO4. The van der Waals surface area contributed by atoms with E-state index in [0.29, 0.717) is 10.6 Å². The molecule has 2 rings (SSSR count). The molecule has 0 radical (unpaired) electrons. The summed E-state index contributed by atoms with van der Waals surface area (Å²) in [6.45, 7) is 0. The number of carboxylic acid groups (broad SMARTS) is 1. The highest BCUT2D eigenvalue weighted by Gasteiger charge is 2.63. The van der Waals surface area contributed by atoms with Crippen LogP contribution in [0.25, 0.3) is 0 Å². The van der Waals surface area contributed by atoms with Crippen molar-refractivity contribution < 1.29 is 32.6 Å². The van der Waals surface area contributed by atoms with E-state index in [1.165, 1.54) is 24.3 Å². The maximum absolute atomic E-state index is 13.9. The topological polar surface area (TPSA) is 75.6 Å². The first-order valence-electron chi connectivity index (χ1n) is 8.07. The number of rotatable bonds is 7. The van der Waals surface area contributed by atoms with Crippen molar-refractivity contribution in [2.45, 2.75) is 24.2 Å². The van der Waals surface area contributed by atoms with E-state index in [2.05, 4.69) is 4.74 Å². The lowest BCUT2D eigenvalue weighted by Crippen LogP contribution is -2.59. The number of hydrogen-bond donors (Lipinski definition) is 2. The molecule has 28 heavy (non-hydrogen) atoms. The minimum atomic E-state index is -5.13. The summed E-state index contributed by atoms with van der Waals surface area (Å²) in [5, 5.41) is 11.7. The molecular weight excluding hydrogens is 399 g/mol. The minimum Gasteiger partial charge on any atom is -0.480 e. The predicted molar refractivity (Wildman–Crippen MR) is 95.9 cm³/mol. The highest BCUT2D eigenvalue weighted by Crippen LogP contribution is 2.42. The van der Waals surface area contributed by atoms with Crippen LogP contribution in [0.3, 0.4) is 0 Å². The molecule has 0 aliphatic heterocycles. The second-order valence-corrected chi connectivity index (χ2v) is 6.38. The molecule has 2 aromatic rings. The van der Waals surface area contributed by atoms with E-state index < -0.39 is 35.3 Å². The van der Waals surface area contributed by atoms with Crippen molar-refractivity contribution in [2.24, 2.45) is 0 Å². The first-order valence-corrected chi connectivity index (χ1v) is 8.45. The Morgan fingerprint density at radius 2 is 1.79 bits per heavy atom. The van der Waals surface area contributed by atoms with E-state index in [0.717, 1.165) is 19.2 Å². The van der Waals surface area contributed by atoms with Crippen LogP contribution in [0.5, 0.6) is 0 Å². The van der Waals surface area contributed by atoms with Crippen LogP contribution >= 0.6 is 11.6 Å². The number of aliphatic carboxylic acids is 1. The summed E-state index contributed by atoms with van der Waals surface area (Å²) in [5.74, 6) is -3.11. The average molecular weight is 416 g/mol. The fourth-order valence-electron chi connectivity index (χ4n) is 2.78. The molecule has 0 aliphatic carbocycles. The maximum Gasteiger partial charge on any atom is 0.430 e. The van der Waals surface area contributed by atoms with Gasteiger partial charge in [0.2, 0.25) is 0 Å². The second-order valence-electron chi connectivity index (χ2n) is 5.95. The highest BCUT2D eigenvalue weighted by molar-refractivity contribution is 6.30. The van der Waals surface area contributed by atoms with Crippen molar-refractivity contribution in [3.63, 3.8) is 0 Å². The summed E-state index contributed by atoms with van der Waals surface area (Å²) in [6, 6.07) is 10.8. The lowest BCUT2D eigenvalue weighted by atomic mass is 9.91. The first kappa shape index (κ1) is 21.7. The lowest BCUT2D eigenvalue weighted by Gasteiger charge is -2.34. The summed E-state index contributed by atoms with van der Waals surface area (Å²) in [7, 11) is 0.743. The van der Waals surface area contributed by atoms with Crippen LogP contribution in [0.4, 0.5) is 13.2 Å². The van der Waals surface area contributed by atoms with Gasteiger partial charge in [-0.3, -0.25) is 4.79 Å². The fraction of sp³-hybridized carbons (Fsp3) is 0.263. The van der Waals surface area contributed by atoms with E-state index in [1.807, 2.05) is 5.32 Å². The van der Waals surface area contributed by atoms with Gasteiger partial charge in [-0.1, -0.05) is 54.1 Å². The van der Waals surface area contributed by atoms with E-state index in [9.17, 15) is 27.9 Å². The molecule has 5 nitrogen and oxygen atoms in total. The van der Waals surface area contributed by atoms with Crippen molar-refractivity contribution in [3.05, 3.63) is 70.7 Å². The Hall–Kier alpha value is -2.58. The van der Waals surface area contributed by atoms with Crippen LogP contribution < -0.4 is 5.32 Å². The van der Waals surface area contributed by atoms with Crippen molar-refractivity contribution in [1.29, 1.82) is 0 Å². The van der Waals surface area contributed by atoms with Crippen LogP contribution in [0.1, 0.15) is 11.1 Å². The van der Waals surface area contributed by atoms with Gasteiger partial charge in [-0.05, 0) is 17.7 Å². The molecule has 0 aliphatic rings. The fourth-order valence-corrected chi connectivity index (χ4v) is 3.00. The second kappa shape index (κ2) is 8.62. The summed E-state index contributed by atoms with van der Waals surface area (Å²) in [5.41, 5.74) is -3.37. The molecule has 2 aromatic carbocycles. The zero-order valence-electron chi connectivity index (χ0n) is 14.7. The van der Waals surface area contributed by atoms with E-state index in [4.69, 9.17) is 11.6 Å². The number of ether oxygens (including phenoxy) is 1. The van der Waals surface area contributed by atoms with Gasteiger partial charge in [0, 0.05) is 24.1 Å². The molecule has 0 bridgehead atoms. The van der Waals surface area contributed by atoms with Crippen LogP contribution in [0.2, 0.25) is 5.02 Å². The monoisotopic (exact) mass is 415 g/mol. The Bertz CT molecular complexity index is 845. The zero-order chi connectivity index (χ0) is 20.9. The number of amides is 1. The van der Waals surface area contributed by atoms with Gasteiger partial charge in [0.25, 0.3) is 11.5 Å².